The van der Waals surface area contributed by atoms with Crippen molar-refractivity contribution in [3.05, 3.63) is 35.9 Å². The van der Waals surface area contributed by atoms with Gasteiger partial charge in [-0.15, -0.1) is 0 Å². The van der Waals surface area contributed by atoms with E-state index in [0.29, 0.717) is 0 Å². The van der Waals surface area contributed by atoms with Crippen molar-refractivity contribution in [2.45, 2.75) is 25.5 Å². The molecule has 1 aliphatic rings. The van der Waals surface area contributed by atoms with Crippen molar-refractivity contribution in [1.82, 2.24) is 4.90 Å². The number of hydrogen-bond acceptors (Lipinski definition) is 3. The zero-order valence-corrected chi connectivity index (χ0v) is 8.42. The Morgan fingerprint density at radius 2 is 1.93 bits per heavy atom. The smallest absolute Gasteiger partial charge is 0.216 e. The molecule has 1 fully saturated rings. The van der Waals surface area contributed by atoms with E-state index in [9.17, 15) is 5.11 Å². The molecular formula is C11H15NO2. The van der Waals surface area contributed by atoms with E-state index < -0.39 is 6.41 Å². The van der Waals surface area contributed by atoms with Crippen molar-refractivity contribution in [1.29, 1.82) is 0 Å². The zero-order valence-electron chi connectivity index (χ0n) is 8.42. The van der Waals surface area contributed by atoms with Crippen molar-refractivity contribution in [2.24, 2.45) is 0 Å². The second-order valence-corrected chi connectivity index (χ2v) is 3.70. The summed E-state index contributed by atoms with van der Waals surface area (Å²) in [5, 5.41) is 9.50. The van der Waals surface area contributed by atoms with Crippen LogP contribution in [0, 0.1) is 0 Å². The van der Waals surface area contributed by atoms with E-state index in [-0.39, 0.29) is 12.1 Å². The molecule has 2 rings (SSSR count). The van der Waals surface area contributed by atoms with Gasteiger partial charge < -0.3 is 9.84 Å². The van der Waals surface area contributed by atoms with Crippen LogP contribution in [0.15, 0.2) is 30.3 Å². The quantitative estimate of drug-likeness (QED) is 0.731. The highest BCUT2D eigenvalue weighted by Gasteiger charge is 2.36. The van der Waals surface area contributed by atoms with E-state index in [4.69, 9.17) is 4.74 Å². The number of nitrogens with zero attached hydrogens (tertiary/aromatic N) is 1. The molecule has 1 saturated heterocycles. The van der Waals surface area contributed by atoms with Gasteiger partial charge in [0.25, 0.3) is 0 Å². The summed E-state index contributed by atoms with van der Waals surface area (Å²) in [7, 11) is 1.86. The highest BCUT2D eigenvalue weighted by molar-refractivity contribution is 5.19. The zero-order chi connectivity index (χ0) is 10.1. The SMILES string of the molecule is CC1C(c2ccccc2)OC(O)N1C. The van der Waals surface area contributed by atoms with E-state index in [2.05, 4.69) is 0 Å². The Morgan fingerprint density at radius 1 is 1.29 bits per heavy atom. The number of rotatable bonds is 1. The van der Waals surface area contributed by atoms with Crippen molar-refractivity contribution in [2.75, 3.05) is 7.05 Å². The predicted molar refractivity (Wildman–Crippen MR) is 53.5 cm³/mol. The van der Waals surface area contributed by atoms with Gasteiger partial charge in [-0.3, -0.25) is 4.90 Å². The number of aliphatic hydroxyl groups is 1. The van der Waals surface area contributed by atoms with Gasteiger partial charge in [0.15, 0.2) is 0 Å². The van der Waals surface area contributed by atoms with E-state index in [0.717, 1.165) is 5.56 Å². The number of benzene rings is 1. The van der Waals surface area contributed by atoms with Crippen LogP contribution in [0.3, 0.4) is 0 Å². The van der Waals surface area contributed by atoms with Crippen LogP contribution in [0.1, 0.15) is 18.6 Å². The molecule has 0 bridgehead atoms. The first-order valence-corrected chi connectivity index (χ1v) is 4.80. The number of aliphatic hydroxyl groups excluding tert-OH is 1. The highest BCUT2D eigenvalue weighted by atomic mass is 16.6. The minimum absolute atomic E-state index is 0.0313. The van der Waals surface area contributed by atoms with Gasteiger partial charge in [0.2, 0.25) is 6.41 Å². The van der Waals surface area contributed by atoms with E-state index in [1.807, 2.05) is 49.2 Å². The summed E-state index contributed by atoms with van der Waals surface area (Å²) in [6.07, 6.45) is -0.814. The summed E-state index contributed by atoms with van der Waals surface area (Å²) in [6.45, 7) is 2.05. The molecule has 0 saturated carbocycles. The summed E-state index contributed by atoms with van der Waals surface area (Å²) >= 11 is 0. The molecule has 0 radical (unpaired) electrons. The number of likely N-dealkylation sites (N-methyl/N-ethyl adjacent to an activating group) is 1. The molecule has 3 unspecified atom stereocenters. The van der Waals surface area contributed by atoms with Crippen LogP contribution < -0.4 is 0 Å². The van der Waals surface area contributed by atoms with Crippen molar-refractivity contribution < 1.29 is 9.84 Å². The Bertz CT molecular complexity index is 301. The van der Waals surface area contributed by atoms with Gasteiger partial charge >= 0.3 is 0 Å². The average molecular weight is 193 g/mol. The first kappa shape index (κ1) is 9.65. The third-order valence-electron chi connectivity index (χ3n) is 2.83. The molecule has 14 heavy (non-hydrogen) atoms. The normalized spacial score (nSPS) is 33.5. The number of hydrogen-bond donors (Lipinski definition) is 1. The van der Waals surface area contributed by atoms with Crippen LogP contribution in [0.5, 0.6) is 0 Å². The maximum atomic E-state index is 9.50. The van der Waals surface area contributed by atoms with E-state index in [1.54, 1.807) is 0 Å². The van der Waals surface area contributed by atoms with Gasteiger partial charge in [-0.05, 0) is 19.5 Å². The molecule has 0 aliphatic carbocycles. The third-order valence-corrected chi connectivity index (χ3v) is 2.83. The molecule has 1 aliphatic heterocycles. The van der Waals surface area contributed by atoms with Gasteiger partial charge in [-0.2, -0.15) is 0 Å². The lowest BCUT2D eigenvalue weighted by atomic mass is 10.0. The Morgan fingerprint density at radius 3 is 2.43 bits per heavy atom. The minimum Gasteiger partial charge on any atom is -0.356 e. The fourth-order valence-corrected chi connectivity index (χ4v) is 1.76. The molecule has 1 heterocycles. The Balaban J connectivity index is 2.21. The molecular weight excluding hydrogens is 178 g/mol. The molecule has 0 aromatic heterocycles. The standard InChI is InChI=1S/C11H15NO2/c1-8-10(14-11(13)12(8)2)9-6-4-3-5-7-9/h3-8,10-11,13H,1-2H3. The summed E-state index contributed by atoms with van der Waals surface area (Å²) in [4.78, 5) is 1.82. The summed E-state index contributed by atoms with van der Waals surface area (Å²) in [5.41, 5.74) is 1.11. The second-order valence-electron chi connectivity index (χ2n) is 3.70. The van der Waals surface area contributed by atoms with Crippen LogP contribution in [0.25, 0.3) is 0 Å². The largest absolute Gasteiger partial charge is 0.356 e. The highest BCUT2D eigenvalue weighted by Crippen LogP contribution is 2.32. The Hall–Kier alpha value is -0.900. The Kier molecular flexibility index (Phi) is 2.54. The van der Waals surface area contributed by atoms with Crippen LogP contribution in [-0.2, 0) is 4.74 Å². The summed E-state index contributed by atoms with van der Waals surface area (Å²) < 4.78 is 5.45. The van der Waals surface area contributed by atoms with Crippen LogP contribution in [0.4, 0.5) is 0 Å². The maximum absolute atomic E-state index is 9.50. The molecule has 0 amide bonds. The van der Waals surface area contributed by atoms with E-state index in [1.165, 1.54) is 0 Å². The first-order valence-electron chi connectivity index (χ1n) is 4.80. The minimum atomic E-state index is -0.782. The van der Waals surface area contributed by atoms with Crippen LogP contribution >= 0.6 is 0 Å². The van der Waals surface area contributed by atoms with Crippen molar-refractivity contribution in [3.8, 4) is 0 Å². The fraction of sp³-hybridized carbons (Fsp3) is 0.455. The summed E-state index contributed by atoms with van der Waals surface area (Å²) in [5.74, 6) is 0. The second kappa shape index (κ2) is 3.69. The lowest BCUT2D eigenvalue weighted by Gasteiger charge is -2.17. The molecule has 0 spiro atoms. The molecule has 1 N–H and O–H groups in total. The predicted octanol–water partition coefficient (Wildman–Crippen LogP) is 1.35. The maximum Gasteiger partial charge on any atom is 0.216 e. The van der Waals surface area contributed by atoms with Gasteiger partial charge in [0.05, 0.1) is 0 Å². The molecule has 1 aromatic rings. The molecule has 3 atom stereocenters. The molecule has 76 valence electrons. The topological polar surface area (TPSA) is 32.7 Å². The number of ether oxygens (including phenoxy) is 1. The third kappa shape index (κ3) is 1.54. The fourth-order valence-electron chi connectivity index (χ4n) is 1.76. The average Bonchev–Trinajstić information content (AvgIpc) is 2.47. The van der Waals surface area contributed by atoms with Crippen LogP contribution in [0.2, 0.25) is 0 Å². The van der Waals surface area contributed by atoms with E-state index >= 15 is 0 Å². The molecule has 3 nitrogen and oxygen atoms in total. The molecule has 3 heteroatoms. The monoisotopic (exact) mass is 193 g/mol. The van der Waals surface area contributed by atoms with Gasteiger partial charge in [0.1, 0.15) is 6.10 Å². The van der Waals surface area contributed by atoms with Crippen LogP contribution in [-0.4, -0.2) is 29.5 Å². The lowest BCUT2D eigenvalue weighted by Crippen LogP contribution is -2.31. The molecule has 1 aromatic carbocycles. The Labute approximate surface area is 83.9 Å². The summed E-state index contributed by atoms with van der Waals surface area (Å²) in [6, 6.07) is 10.2. The van der Waals surface area contributed by atoms with Gasteiger partial charge in [-0.25, -0.2) is 0 Å². The lowest BCUT2D eigenvalue weighted by molar-refractivity contribution is -0.144. The van der Waals surface area contributed by atoms with Gasteiger partial charge in [-0.1, -0.05) is 30.3 Å². The first-order chi connectivity index (χ1) is 6.70. The van der Waals surface area contributed by atoms with Crippen molar-refractivity contribution in [3.63, 3.8) is 0 Å². The van der Waals surface area contributed by atoms with Crippen molar-refractivity contribution >= 4 is 0 Å². The van der Waals surface area contributed by atoms with Gasteiger partial charge in [0, 0.05) is 6.04 Å².